The van der Waals surface area contributed by atoms with E-state index in [2.05, 4.69) is 4.98 Å². The number of rotatable bonds is 19. The summed E-state index contributed by atoms with van der Waals surface area (Å²) in [5.74, 6) is -5.23. The van der Waals surface area contributed by atoms with E-state index in [1.165, 1.54) is 23.5 Å². The number of imidazole rings is 1. The van der Waals surface area contributed by atoms with Gasteiger partial charge in [0.2, 0.25) is 11.8 Å². The molecule has 1 aromatic carbocycles. The fourth-order valence-electron chi connectivity index (χ4n) is 3.84. The fourth-order valence-corrected chi connectivity index (χ4v) is 5.80. The third kappa shape index (κ3) is 11.5. The molecule has 0 aliphatic heterocycles. The van der Waals surface area contributed by atoms with Gasteiger partial charge in [0.1, 0.15) is 17.9 Å². The summed E-state index contributed by atoms with van der Waals surface area (Å²) in [5.41, 5.74) is 2.19. The fraction of sp³-hybridized carbons (Fsp3) is 0.538. The summed E-state index contributed by atoms with van der Waals surface area (Å²) in [6, 6.07) is 2.66. The molecule has 2 rings (SSSR count). The van der Waals surface area contributed by atoms with E-state index in [-0.39, 0.29) is 17.9 Å². The maximum atomic E-state index is 11.8. The van der Waals surface area contributed by atoms with E-state index >= 15 is 0 Å². The minimum atomic E-state index is -3.00. The quantitative estimate of drug-likeness (QED) is 0.143. The van der Waals surface area contributed by atoms with Gasteiger partial charge in [-0.05, 0) is 24.6 Å². The molecule has 0 spiro atoms. The second-order valence-electron chi connectivity index (χ2n) is 8.87. The Kier molecular flexibility index (Phi) is 10.3. The summed E-state index contributed by atoms with van der Waals surface area (Å²) < 4.78 is 44.8. The highest BCUT2D eigenvalue weighted by Crippen LogP contribution is 2.24. The standard InChI is InChI=1S/C26H37N5O8S2/c1-16(32)27-20(25(36)37)14-40-11-9-31(10-12-41-15-21(26(38)39)28-17(2)33)18-7-8-22-19(13-18)29-23(30(22)3)5-4-6-24(34)35/h7-8,13,20-21H,4-6,9-12,14-15H2,1-3H3,(H,27,32)(H,28,33)(H,34,35)(H,36,37)(H,38,39)/t20-,21-/m0/s1/i1D3,2D3. The summed E-state index contributed by atoms with van der Waals surface area (Å²) in [4.78, 5) is 64.3. The number of aliphatic carboxylic acids is 3. The minimum Gasteiger partial charge on any atom is -0.481 e. The number of carbonyl (C=O) groups excluding carboxylic acids is 2. The van der Waals surface area contributed by atoms with Crippen LogP contribution in [0.4, 0.5) is 5.69 Å². The van der Waals surface area contributed by atoms with Gasteiger partial charge in [-0.1, -0.05) is 0 Å². The van der Waals surface area contributed by atoms with Crippen molar-refractivity contribution in [3.63, 3.8) is 0 Å². The highest BCUT2D eigenvalue weighted by Gasteiger charge is 2.20. The molecule has 0 radical (unpaired) electrons. The number of aryl methyl sites for hydroxylation is 2. The summed E-state index contributed by atoms with van der Waals surface area (Å²) >= 11 is 2.34. The van der Waals surface area contributed by atoms with E-state index in [0.29, 0.717) is 48.8 Å². The van der Waals surface area contributed by atoms with Crippen LogP contribution in [0.5, 0.6) is 0 Å². The van der Waals surface area contributed by atoms with E-state index in [4.69, 9.17) is 13.3 Å². The number of hydrogen-bond acceptors (Lipinski definition) is 9. The maximum absolute atomic E-state index is 11.8. The van der Waals surface area contributed by atoms with Crippen molar-refractivity contribution in [2.24, 2.45) is 7.05 Å². The van der Waals surface area contributed by atoms with Gasteiger partial charge in [0.15, 0.2) is 0 Å². The summed E-state index contributed by atoms with van der Waals surface area (Å²) in [5, 5.41) is 31.9. The van der Waals surface area contributed by atoms with Crippen LogP contribution in [0, 0.1) is 0 Å². The van der Waals surface area contributed by atoms with E-state index in [9.17, 15) is 34.2 Å². The van der Waals surface area contributed by atoms with Crippen molar-refractivity contribution in [2.45, 2.75) is 45.0 Å². The number of amides is 2. The molecule has 0 unspecified atom stereocenters. The van der Waals surface area contributed by atoms with Gasteiger partial charge in [0.25, 0.3) is 0 Å². The molecule has 0 saturated carbocycles. The van der Waals surface area contributed by atoms with Crippen LogP contribution in [0.2, 0.25) is 0 Å². The zero-order chi connectivity index (χ0) is 35.5. The van der Waals surface area contributed by atoms with Crippen molar-refractivity contribution < 1.29 is 47.5 Å². The second-order valence-corrected chi connectivity index (χ2v) is 11.2. The highest BCUT2D eigenvalue weighted by molar-refractivity contribution is 7.99. The Morgan fingerprint density at radius 2 is 1.54 bits per heavy atom. The highest BCUT2D eigenvalue weighted by atomic mass is 32.2. The number of carboxylic acids is 3. The zero-order valence-corrected chi connectivity index (χ0v) is 23.9. The zero-order valence-electron chi connectivity index (χ0n) is 28.3. The Bertz CT molecular complexity index is 1380. The van der Waals surface area contributed by atoms with Crippen molar-refractivity contribution in [1.29, 1.82) is 0 Å². The molecular weight excluding hydrogens is 574 g/mol. The van der Waals surface area contributed by atoms with Gasteiger partial charge in [0.05, 0.1) is 11.0 Å². The monoisotopic (exact) mass is 617 g/mol. The van der Waals surface area contributed by atoms with Crippen LogP contribution in [0.15, 0.2) is 18.2 Å². The lowest BCUT2D eigenvalue weighted by Gasteiger charge is -2.25. The molecule has 0 fully saturated rings. The number of carboxylic acid groups (broad SMARTS) is 3. The lowest BCUT2D eigenvalue weighted by atomic mass is 10.2. The van der Waals surface area contributed by atoms with Crippen LogP contribution < -0.4 is 15.5 Å². The van der Waals surface area contributed by atoms with Gasteiger partial charge >= 0.3 is 17.9 Å². The first-order valence-electron chi connectivity index (χ1n) is 15.5. The molecule has 15 heteroatoms. The van der Waals surface area contributed by atoms with Gasteiger partial charge in [-0.2, -0.15) is 23.5 Å². The lowest BCUT2D eigenvalue weighted by Crippen LogP contribution is -2.42. The number of hydrogen-bond donors (Lipinski definition) is 5. The Morgan fingerprint density at radius 1 is 0.976 bits per heavy atom. The number of fused-ring (bicyclic) bond motifs is 1. The molecule has 1 heterocycles. The number of aromatic nitrogens is 2. The van der Waals surface area contributed by atoms with Gasteiger partial charge in [-0.15, -0.1) is 0 Å². The first-order valence-corrected chi connectivity index (χ1v) is 14.8. The van der Waals surface area contributed by atoms with Crippen molar-refractivity contribution in [3.05, 3.63) is 24.0 Å². The van der Waals surface area contributed by atoms with Crippen LogP contribution in [0.3, 0.4) is 0 Å². The van der Waals surface area contributed by atoms with Crippen molar-refractivity contribution in [1.82, 2.24) is 20.2 Å². The Labute approximate surface area is 254 Å². The first-order chi connectivity index (χ1) is 21.8. The van der Waals surface area contributed by atoms with Crippen LogP contribution in [-0.4, -0.2) is 103 Å². The summed E-state index contributed by atoms with van der Waals surface area (Å²) in [6.45, 7) is -5.29. The maximum Gasteiger partial charge on any atom is 0.327 e. The molecule has 13 nitrogen and oxygen atoms in total. The number of nitrogens with zero attached hydrogens (tertiary/aromatic N) is 3. The minimum absolute atomic E-state index is 0.00279. The molecular formula is C26H37N5O8S2. The van der Waals surface area contributed by atoms with Gasteiger partial charge in [-0.25, -0.2) is 14.6 Å². The second kappa shape index (κ2) is 16.7. The number of benzene rings is 1. The van der Waals surface area contributed by atoms with E-state index in [0.717, 1.165) is 11.2 Å². The number of anilines is 1. The molecule has 1 aromatic heterocycles. The number of carbonyl (C=O) groups is 5. The Hall–Kier alpha value is -3.46. The molecule has 2 amide bonds. The SMILES string of the molecule is [2H]C([2H])([2H])C(=O)N[C@@H](CSCCN(CCSC[C@H](NC(=O)C([2H])([2H])[2H])C(=O)O)c1ccc2c(c1)nc(CCCC(=O)O)n2C)C(=O)O. The average Bonchev–Trinajstić information content (AvgIpc) is 3.27. The van der Waals surface area contributed by atoms with E-state index < -0.39 is 55.5 Å². The first kappa shape index (κ1) is 25.3. The molecule has 0 saturated heterocycles. The van der Waals surface area contributed by atoms with Crippen LogP contribution in [0.25, 0.3) is 11.0 Å². The summed E-state index contributed by atoms with van der Waals surface area (Å²) in [6.07, 6.45) is 0.868. The van der Waals surface area contributed by atoms with Gasteiger partial charge < -0.3 is 35.4 Å². The summed E-state index contributed by atoms with van der Waals surface area (Å²) in [7, 11) is 1.82. The topological polar surface area (TPSA) is 191 Å². The molecule has 2 aromatic rings. The van der Waals surface area contributed by atoms with Gasteiger partial charge in [-0.3, -0.25) is 14.4 Å². The molecule has 0 aliphatic carbocycles. The molecule has 0 bridgehead atoms. The Morgan fingerprint density at radius 3 is 2.02 bits per heavy atom. The van der Waals surface area contributed by atoms with E-state index in [1.54, 1.807) is 0 Å². The third-order valence-corrected chi connectivity index (χ3v) is 7.98. The molecule has 0 aliphatic rings. The molecule has 5 N–H and O–H groups in total. The van der Waals surface area contributed by atoms with Gasteiger partial charge in [0, 0.05) is 83.6 Å². The van der Waals surface area contributed by atoms with Crippen molar-refractivity contribution in [2.75, 3.05) is 41.0 Å². The predicted octanol–water partition coefficient (Wildman–Crippen LogP) is 1.43. The third-order valence-electron chi connectivity index (χ3n) is 5.90. The normalized spacial score (nSPS) is 15.2. The van der Waals surface area contributed by atoms with Crippen LogP contribution in [-0.2, 0) is 37.4 Å². The molecule has 41 heavy (non-hydrogen) atoms. The molecule has 226 valence electrons. The largest absolute Gasteiger partial charge is 0.481 e. The Balaban J connectivity index is 2.17. The van der Waals surface area contributed by atoms with Crippen LogP contribution >= 0.6 is 23.5 Å². The smallest absolute Gasteiger partial charge is 0.327 e. The van der Waals surface area contributed by atoms with Crippen molar-refractivity contribution >= 4 is 70.0 Å². The predicted molar refractivity (Wildman–Crippen MR) is 159 cm³/mol. The van der Waals surface area contributed by atoms with Crippen molar-refractivity contribution in [3.8, 4) is 0 Å². The average molecular weight is 618 g/mol. The van der Waals surface area contributed by atoms with E-state index in [1.807, 2.05) is 45.3 Å². The lowest BCUT2D eigenvalue weighted by molar-refractivity contribution is -0.141. The number of nitrogens with one attached hydrogen (secondary N) is 2. The molecule has 2 atom stereocenters. The number of thioether (sulfide) groups is 2. The van der Waals surface area contributed by atoms with Crippen LogP contribution in [0.1, 0.15) is 40.6 Å².